The average molecular weight is 309 g/mol. The van der Waals surface area contributed by atoms with Gasteiger partial charge in [-0.2, -0.15) is 0 Å². The Morgan fingerprint density at radius 2 is 1.77 bits per heavy atom. The fraction of sp³-hybridized carbons (Fsp3) is 0.111. The van der Waals surface area contributed by atoms with Gasteiger partial charge in [0.05, 0.1) is 4.91 Å². The number of Topliss-reactive ketones (excluding diaryl/α,β-unsaturated/α-hetero) is 1. The first-order valence-corrected chi connectivity index (χ1v) is 7.78. The Balaban J connectivity index is 1.97. The van der Waals surface area contributed by atoms with Crippen molar-refractivity contribution in [3.63, 3.8) is 0 Å². The Morgan fingerprint density at radius 3 is 2.41 bits per heavy atom. The van der Waals surface area contributed by atoms with Crippen molar-refractivity contribution < 1.29 is 9.59 Å². The molecule has 110 valence electrons. The molecule has 0 atom stereocenters. The van der Waals surface area contributed by atoms with Gasteiger partial charge in [0, 0.05) is 29.3 Å². The van der Waals surface area contributed by atoms with Crippen LogP contribution in [-0.4, -0.2) is 11.7 Å². The molecule has 3 rings (SSSR count). The highest BCUT2D eigenvalue weighted by atomic mass is 32.2. The van der Waals surface area contributed by atoms with Gasteiger partial charge in [0.2, 0.25) is 11.7 Å². The van der Waals surface area contributed by atoms with Gasteiger partial charge < -0.3 is 0 Å². The quantitative estimate of drug-likeness (QED) is 0.781. The van der Waals surface area contributed by atoms with Crippen molar-refractivity contribution in [1.82, 2.24) is 0 Å². The van der Waals surface area contributed by atoms with E-state index in [1.165, 1.54) is 23.6 Å². The highest BCUT2D eigenvalue weighted by Gasteiger charge is 2.26. The number of aryl methyl sites for hydroxylation is 1. The number of rotatable bonds is 2. The first-order valence-electron chi connectivity index (χ1n) is 6.96. The Bertz CT molecular complexity index is 778. The normalized spacial score (nSPS) is 15.0. The van der Waals surface area contributed by atoms with Crippen molar-refractivity contribution in [3.8, 4) is 0 Å². The fourth-order valence-electron chi connectivity index (χ4n) is 2.30. The number of fused-ring (bicyclic) bond motifs is 1. The van der Waals surface area contributed by atoms with E-state index in [4.69, 9.17) is 0 Å². The van der Waals surface area contributed by atoms with Gasteiger partial charge in [-0.3, -0.25) is 14.5 Å². The zero-order valence-electron chi connectivity index (χ0n) is 12.4. The molecule has 0 saturated carbocycles. The second kappa shape index (κ2) is 5.81. The van der Waals surface area contributed by atoms with Gasteiger partial charge in [-0.1, -0.05) is 41.6 Å². The predicted molar refractivity (Wildman–Crippen MR) is 89.1 cm³/mol. The van der Waals surface area contributed by atoms with Crippen LogP contribution in [-0.2, 0) is 4.79 Å². The van der Waals surface area contributed by atoms with Crippen LogP contribution in [0.1, 0.15) is 22.8 Å². The number of carbonyl (C=O) groups is 2. The molecule has 0 N–H and O–H groups in total. The number of thioether (sulfide) groups is 1. The number of nitrogens with zero attached hydrogens (tertiary/aromatic N) is 1. The fourth-order valence-corrected chi connectivity index (χ4v) is 3.31. The number of ketones is 1. The Morgan fingerprint density at radius 1 is 1.09 bits per heavy atom. The van der Waals surface area contributed by atoms with E-state index in [0.29, 0.717) is 10.5 Å². The minimum Gasteiger partial charge on any atom is -0.288 e. The van der Waals surface area contributed by atoms with Crippen molar-refractivity contribution in [2.45, 2.75) is 18.7 Å². The molecule has 1 amide bonds. The summed E-state index contributed by atoms with van der Waals surface area (Å²) < 4.78 is 0. The molecule has 0 radical (unpaired) electrons. The van der Waals surface area contributed by atoms with E-state index in [9.17, 15) is 9.59 Å². The smallest absolute Gasteiger partial charge is 0.227 e. The van der Waals surface area contributed by atoms with Crippen molar-refractivity contribution in [2.24, 2.45) is 0 Å². The largest absolute Gasteiger partial charge is 0.288 e. The van der Waals surface area contributed by atoms with Crippen LogP contribution in [0.5, 0.6) is 0 Å². The minimum absolute atomic E-state index is 0.0287. The molecule has 0 fully saturated rings. The van der Waals surface area contributed by atoms with E-state index in [-0.39, 0.29) is 11.7 Å². The third-order valence-electron chi connectivity index (χ3n) is 3.47. The lowest BCUT2D eigenvalue weighted by Crippen LogP contribution is -2.22. The van der Waals surface area contributed by atoms with E-state index in [1.807, 2.05) is 55.5 Å². The number of allylic oxidation sites excluding steroid dienone is 1. The van der Waals surface area contributed by atoms with Crippen LogP contribution in [0.15, 0.2) is 64.5 Å². The summed E-state index contributed by atoms with van der Waals surface area (Å²) in [5.74, 6) is -0.153. The summed E-state index contributed by atoms with van der Waals surface area (Å²) in [4.78, 5) is 27.4. The van der Waals surface area contributed by atoms with Gasteiger partial charge in [0.1, 0.15) is 0 Å². The summed E-state index contributed by atoms with van der Waals surface area (Å²) in [6.45, 7) is 3.49. The molecule has 1 heterocycles. The summed E-state index contributed by atoms with van der Waals surface area (Å²) in [6, 6.07) is 15.1. The highest BCUT2D eigenvalue weighted by Crippen LogP contribution is 2.40. The minimum atomic E-state index is -0.124. The number of benzene rings is 2. The molecule has 2 aromatic rings. The zero-order chi connectivity index (χ0) is 15.7. The Labute approximate surface area is 133 Å². The number of anilines is 1. The molecular formula is C18H15NO2S. The topological polar surface area (TPSA) is 37.4 Å². The molecule has 0 aliphatic carbocycles. The maximum absolute atomic E-state index is 12.4. The highest BCUT2D eigenvalue weighted by molar-refractivity contribution is 8.04. The summed E-state index contributed by atoms with van der Waals surface area (Å²) >= 11 is 1.41. The van der Waals surface area contributed by atoms with Gasteiger partial charge in [-0.25, -0.2) is 0 Å². The van der Waals surface area contributed by atoms with E-state index in [2.05, 4.69) is 0 Å². The first-order chi connectivity index (χ1) is 10.6. The molecular weight excluding hydrogens is 294 g/mol. The van der Waals surface area contributed by atoms with Crippen LogP contribution < -0.4 is 4.90 Å². The molecule has 2 aromatic carbocycles. The van der Waals surface area contributed by atoms with Gasteiger partial charge in [0.15, 0.2) is 0 Å². The molecule has 1 aliphatic rings. The molecule has 0 bridgehead atoms. The lowest BCUT2D eigenvalue weighted by Gasteiger charge is -2.17. The average Bonchev–Trinajstić information content (AvgIpc) is 2.82. The molecule has 4 heteroatoms. The Hall–Kier alpha value is -2.33. The summed E-state index contributed by atoms with van der Waals surface area (Å²) in [6.07, 6.45) is 1.64. The Kier molecular flexibility index (Phi) is 3.86. The van der Waals surface area contributed by atoms with Gasteiger partial charge >= 0.3 is 0 Å². The second-order valence-electron chi connectivity index (χ2n) is 5.15. The summed E-state index contributed by atoms with van der Waals surface area (Å²) in [5.41, 5.74) is 2.58. The zero-order valence-corrected chi connectivity index (χ0v) is 13.2. The van der Waals surface area contributed by atoms with Crippen LogP contribution in [0.2, 0.25) is 0 Å². The molecule has 0 spiro atoms. The van der Waals surface area contributed by atoms with Crippen LogP contribution in [0.25, 0.3) is 0 Å². The van der Waals surface area contributed by atoms with E-state index >= 15 is 0 Å². The van der Waals surface area contributed by atoms with Crippen LogP contribution in [0.4, 0.5) is 5.69 Å². The third-order valence-corrected chi connectivity index (χ3v) is 4.56. The van der Waals surface area contributed by atoms with Crippen LogP contribution in [0, 0.1) is 6.92 Å². The summed E-state index contributed by atoms with van der Waals surface area (Å²) in [5, 5.41) is 0. The molecule has 0 aromatic heterocycles. The van der Waals surface area contributed by atoms with Gasteiger partial charge in [-0.15, -0.1) is 0 Å². The van der Waals surface area contributed by atoms with Crippen molar-refractivity contribution >= 4 is 29.1 Å². The second-order valence-corrected chi connectivity index (χ2v) is 6.23. The van der Waals surface area contributed by atoms with Crippen LogP contribution in [0.3, 0.4) is 0 Å². The third kappa shape index (κ3) is 2.70. The number of carbonyl (C=O) groups excluding carboxylic acids is 2. The van der Waals surface area contributed by atoms with E-state index < -0.39 is 0 Å². The maximum atomic E-state index is 12.4. The number of hydrogen-bond acceptors (Lipinski definition) is 3. The number of hydrogen-bond donors (Lipinski definition) is 0. The monoisotopic (exact) mass is 309 g/mol. The molecule has 0 unspecified atom stereocenters. The van der Waals surface area contributed by atoms with Crippen molar-refractivity contribution in [3.05, 3.63) is 70.8 Å². The van der Waals surface area contributed by atoms with E-state index in [0.717, 1.165) is 16.1 Å². The molecule has 3 nitrogen and oxygen atoms in total. The molecule has 0 saturated heterocycles. The molecule has 22 heavy (non-hydrogen) atoms. The van der Waals surface area contributed by atoms with E-state index in [1.54, 1.807) is 6.20 Å². The lowest BCUT2D eigenvalue weighted by molar-refractivity contribution is -0.116. The van der Waals surface area contributed by atoms with Crippen LogP contribution >= 0.6 is 11.8 Å². The predicted octanol–water partition coefficient (Wildman–Crippen LogP) is 4.18. The number of amides is 1. The van der Waals surface area contributed by atoms with Crippen molar-refractivity contribution in [1.29, 1.82) is 0 Å². The standard InChI is InChI=1S/C18H15NO2S/c1-12-7-9-14(10-8-12)19(13(2)20)11-17-18(21)15-5-3-4-6-16(15)22-17/h3-11H,1-2H3/b17-11-. The summed E-state index contributed by atoms with van der Waals surface area (Å²) in [7, 11) is 0. The SMILES string of the molecule is CC(=O)N(/C=C1\Sc2ccccc2C1=O)c1ccc(C)cc1. The first kappa shape index (κ1) is 14.6. The van der Waals surface area contributed by atoms with Gasteiger partial charge in [-0.05, 0) is 31.2 Å². The lowest BCUT2D eigenvalue weighted by atomic mass is 10.1. The van der Waals surface area contributed by atoms with Crippen molar-refractivity contribution in [2.75, 3.05) is 4.90 Å². The maximum Gasteiger partial charge on any atom is 0.227 e. The molecule has 1 aliphatic heterocycles. The van der Waals surface area contributed by atoms with Gasteiger partial charge in [0.25, 0.3) is 0 Å².